The van der Waals surface area contributed by atoms with Gasteiger partial charge in [0.1, 0.15) is 0 Å². The number of piperidine rings is 1. The van der Waals surface area contributed by atoms with Gasteiger partial charge in [0.05, 0.1) is 11.0 Å². The van der Waals surface area contributed by atoms with E-state index < -0.39 is 5.97 Å². The van der Waals surface area contributed by atoms with E-state index in [0.717, 1.165) is 37.9 Å². The molecule has 0 atom stereocenters. The summed E-state index contributed by atoms with van der Waals surface area (Å²) in [5, 5.41) is 15.2. The number of carboxylic acid groups (broad SMARTS) is 1. The summed E-state index contributed by atoms with van der Waals surface area (Å²) in [6.07, 6.45) is 2.48. The number of hydrogen-bond acceptors (Lipinski definition) is 3. The predicted octanol–water partition coefficient (Wildman–Crippen LogP) is 2.41. The van der Waals surface area contributed by atoms with Crippen molar-refractivity contribution >= 4 is 17.6 Å². The number of rotatable bonds is 4. The first-order valence-corrected chi connectivity index (χ1v) is 7.34. The number of benzene rings is 1. The molecule has 21 heavy (non-hydrogen) atoms. The molecule has 1 fully saturated rings. The van der Waals surface area contributed by atoms with Crippen LogP contribution in [-0.4, -0.2) is 30.1 Å². The van der Waals surface area contributed by atoms with Crippen molar-refractivity contribution in [2.45, 2.75) is 33.1 Å². The van der Waals surface area contributed by atoms with Crippen molar-refractivity contribution in [3.63, 3.8) is 0 Å². The van der Waals surface area contributed by atoms with Crippen LogP contribution in [-0.2, 0) is 4.79 Å². The van der Waals surface area contributed by atoms with Gasteiger partial charge in [-0.25, -0.2) is 4.79 Å². The Hall–Kier alpha value is -1.88. The summed E-state index contributed by atoms with van der Waals surface area (Å²) in [5.74, 6) is -0.919. The highest BCUT2D eigenvalue weighted by Gasteiger charge is 2.37. The fourth-order valence-corrected chi connectivity index (χ4v) is 2.84. The van der Waals surface area contributed by atoms with Crippen LogP contribution < -0.4 is 10.6 Å². The van der Waals surface area contributed by atoms with Gasteiger partial charge in [-0.1, -0.05) is 6.92 Å². The normalized spacial score (nSPS) is 17.2. The minimum absolute atomic E-state index is 0.0395. The molecule has 0 unspecified atom stereocenters. The maximum absolute atomic E-state index is 12.6. The number of carbonyl (C=O) groups excluding carboxylic acids is 1. The van der Waals surface area contributed by atoms with Gasteiger partial charge in [0.2, 0.25) is 5.91 Å². The molecule has 0 bridgehead atoms. The van der Waals surface area contributed by atoms with Gasteiger partial charge in [-0.05, 0) is 63.0 Å². The van der Waals surface area contributed by atoms with Gasteiger partial charge in [-0.2, -0.15) is 0 Å². The van der Waals surface area contributed by atoms with Gasteiger partial charge in [0.25, 0.3) is 0 Å². The van der Waals surface area contributed by atoms with Crippen LogP contribution in [0.4, 0.5) is 5.69 Å². The van der Waals surface area contributed by atoms with Gasteiger partial charge in [0, 0.05) is 5.69 Å². The molecule has 1 heterocycles. The molecule has 5 heteroatoms. The summed E-state index contributed by atoms with van der Waals surface area (Å²) in [6, 6.07) is 4.77. The minimum Gasteiger partial charge on any atom is -0.478 e. The van der Waals surface area contributed by atoms with Crippen molar-refractivity contribution in [2.24, 2.45) is 5.41 Å². The molecule has 1 amide bonds. The number of carboxylic acids is 1. The topological polar surface area (TPSA) is 78.4 Å². The highest BCUT2D eigenvalue weighted by Crippen LogP contribution is 2.34. The van der Waals surface area contributed by atoms with E-state index in [1.807, 2.05) is 13.8 Å². The van der Waals surface area contributed by atoms with Gasteiger partial charge >= 0.3 is 5.97 Å². The fraction of sp³-hybridized carbons (Fsp3) is 0.500. The minimum atomic E-state index is -0.959. The molecule has 1 aliphatic heterocycles. The van der Waals surface area contributed by atoms with Gasteiger partial charge in [-0.15, -0.1) is 0 Å². The standard InChI is InChI=1S/C16H22N2O3/c1-3-16(6-8-17-9-7-16)15(21)18-13-5-4-12(14(19)20)10-11(13)2/h4-5,10,17H,3,6-9H2,1-2H3,(H,18,21)(H,19,20). The van der Waals surface area contributed by atoms with Crippen LogP contribution in [0.5, 0.6) is 0 Å². The van der Waals surface area contributed by atoms with Crippen LogP contribution in [0, 0.1) is 12.3 Å². The summed E-state index contributed by atoms with van der Waals surface area (Å²) in [4.78, 5) is 23.6. The number of anilines is 1. The van der Waals surface area contributed by atoms with Crippen molar-refractivity contribution in [3.8, 4) is 0 Å². The second kappa shape index (κ2) is 6.26. The van der Waals surface area contributed by atoms with Crippen LogP contribution >= 0.6 is 0 Å². The summed E-state index contributed by atoms with van der Waals surface area (Å²) in [7, 11) is 0. The smallest absolute Gasteiger partial charge is 0.335 e. The number of hydrogen-bond donors (Lipinski definition) is 3. The summed E-state index contributed by atoms with van der Waals surface area (Å²) in [5.41, 5.74) is 1.38. The highest BCUT2D eigenvalue weighted by molar-refractivity contribution is 5.97. The van der Waals surface area contributed by atoms with Crippen molar-refractivity contribution in [1.29, 1.82) is 0 Å². The Morgan fingerprint density at radius 3 is 2.52 bits per heavy atom. The number of aryl methyl sites for hydroxylation is 1. The van der Waals surface area contributed by atoms with Gasteiger partial charge in [0.15, 0.2) is 0 Å². The third-order valence-corrected chi connectivity index (χ3v) is 4.44. The molecule has 114 valence electrons. The van der Waals surface area contributed by atoms with E-state index in [9.17, 15) is 9.59 Å². The molecule has 0 aliphatic carbocycles. The Morgan fingerprint density at radius 2 is 2.00 bits per heavy atom. The summed E-state index contributed by atoms with van der Waals surface area (Å²) in [6.45, 7) is 5.57. The Bertz CT molecular complexity index is 548. The van der Waals surface area contributed by atoms with E-state index >= 15 is 0 Å². The molecular weight excluding hydrogens is 268 g/mol. The average molecular weight is 290 g/mol. The van der Waals surface area contributed by atoms with Crippen molar-refractivity contribution in [2.75, 3.05) is 18.4 Å². The maximum atomic E-state index is 12.6. The van der Waals surface area contributed by atoms with Crippen molar-refractivity contribution in [1.82, 2.24) is 5.32 Å². The number of nitrogens with one attached hydrogen (secondary N) is 2. The lowest BCUT2D eigenvalue weighted by atomic mass is 9.76. The van der Waals surface area contributed by atoms with Crippen molar-refractivity contribution < 1.29 is 14.7 Å². The SMILES string of the molecule is CCC1(C(=O)Nc2ccc(C(=O)O)cc2C)CCNCC1. The van der Waals surface area contributed by atoms with Gasteiger partial charge < -0.3 is 15.7 Å². The molecular formula is C16H22N2O3. The molecule has 0 aromatic heterocycles. The first-order valence-electron chi connectivity index (χ1n) is 7.34. The van der Waals surface area contributed by atoms with E-state index in [1.54, 1.807) is 12.1 Å². The zero-order valence-electron chi connectivity index (χ0n) is 12.5. The predicted molar refractivity (Wildman–Crippen MR) is 81.6 cm³/mol. The summed E-state index contributed by atoms with van der Waals surface area (Å²) < 4.78 is 0. The number of aromatic carboxylic acids is 1. The monoisotopic (exact) mass is 290 g/mol. The van der Waals surface area contributed by atoms with E-state index in [1.165, 1.54) is 6.07 Å². The summed E-state index contributed by atoms with van der Waals surface area (Å²) >= 11 is 0. The Morgan fingerprint density at radius 1 is 1.33 bits per heavy atom. The highest BCUT2D eigenvalue weighted by atomic mass is 16.4. The molecule has 3 N–H and O–H groups in total. The van der Waals surface area contributed by atoms with E-state index in [0.29, 0.717) is 5.69 Å². The molecule has 1 aromatic carbocycles. The Labute approximate surface area is 124 Å². The molecule has 0 spiro atoms. The van der Waals surface area contributed by atoms with Crippen LogP contribution in [0.15, 0.2) is 18.2 Å². The molecule has 1 aliphatic rings. The Kier molecular flexibility index (Phi) is 4.63. The lowest BCUT2D eigenvalue weighted by Crippen LogP contribution is -2.44. The number of carbonyl (C=O) groups is 2. The van der Waals surface area contributed by atoms with Crippen LogP contribution in [0.3, 0.4) is 0 Å². The molecule has 0 saturated carbocycles. The lowest BCUT2D eigenvalue weighted by Gasteiger charge is -2.35. The second-order valence-electron chi connectivity index (χ2n) is 5.67. The zero-order valence-corrected chi connectivity index (χ0v) is 12.5. The average Bonchev–Trinajstić information content (AvgIpc) is 2.49. The largest absolute Gasteiger partial charge is 0.478 e. The maximum Gasteiger partial charge on any atom is 0.335 e. The molecule has 0 radical (unpaired) electrons. The third kappa shape index (κ3) is 3.24. The first kappa shape index (κ1) is 15.5. The van der Waals surface area contributed by atoms with Crippen LogP contribution in [0.1, 0.15) is 42.1 Å². The molecule has 1 saturated heterocycles. The molecule has 2 rings (SSSR count). The zero-order chi connectivity index (χ0) is 15.5. The third-order valence-electron chi connectivity index (χ3n) is 4.44. The van der Waals surface area contributed by atoms with Crippen LogP contribution in [0.2, 0.25) is 0 Å². The fourth-order valence-electron chi connectivity index (χ4n) is 2.84. The number of amides is 1. The van der Waals surface area contributed by atoms with Gasteiger partial charge in [-0.3, -0.25) is 4.79 Å². The first-order chi connectivity index (χ1) is 9.98. The second-order valence-corrected chi connectivity index (χ2v) is 5.67. The lowest BCUT2D eigenvalue weighted by molar-refractivity contribution is -0.127. The molecule has 5 nitrogen and oxygen atoms in total. The van der Waals surface area contributed by atoms with Crippen molar-refractivity contribution in [3.05, 3.63) is 29.3 Å². The molecule has 1 aromatic rings. The Balaban J connectivity index is 2.17. The van der Waals surface area contributed by atoms with E-state index in [2.05, 4.69) is 10.6 Å². The van der Waals surface area contributed by atoms with Crippen LogP contribution in [0.25, 0.3) is 0 Å². The van der Waals surface area contributed by atoms with E-state index in [-0.39, 0.29) is 16.9 Å². The quantitative estimate of drug-likeness (QED) is 0.795. The van der Waals surface area contributed by atoms with E-state index in [4.69, 9.17) is 5.11 Å².